The van der Waals surface area contributed by atoms with Crippen molar-refractivity contribution in [3.63, 3.8) is 0 Å². The Morgan fingerprint density at radius 3 is 3.04 bits per heavy atom. The number of benzene rings is 1. The van der Waals surface area contributed by atoms with Gasteiger partial charge in [-0.2, -0.15) is 4.98 Å². The van der Waals surface area contributed by atoms with Crippen LogP contribution in [0, 0.1) is 6.92 Å². The van der Waals surface area contributed by atoms with Crippen molar-refractivity contribution >= 4 is 16.9 Å². The maximum atomic E-state index is 12.6. The molecule has 0 spiro atoms. The number of β-amino-alcohol motifs (C(OH)–C–C–N with tert-alkyl or cyclic N) is 1. The summed E-state index contributed by atoms with van der Waals surface area (Å²) in [4.78, 5) is 18.3. The minimum absolute atomic E-state index is 0.0614. The van der Waals surface area contributed by atoms with Crippen molar-refractivity contribution in [2.24, 2.45) is 0 Å². The molecule has 1 aromatic carbocycles. The van der Waals surface area contributed by atoms with Crippen molar-refractivity contribution in [3.8, 4) is 0 Å². The van der Waals surface area contributed by atoms with Crippen molar-refractivity contribution in [1.29, 1.82) is 0 Å². The zero-order chi connectivity index (χ0) is 16.7. The average Bonchev–Trinajstić information content (AvgIpc) is 3.28. The van der Waals surface area contributed by atoms with Crippen molar-refractivity contribution in [2.45, 2.75) is 25.4 Å². The van der Waals surface area contributed by atoms with Crippen molar-refractivity contribution in [1.82, 2.24) is 15.0 Å². The molecule has 0 saturated carbocycles. The van der Waals surface area contributed by atoms with Crippen LogP contribution in [0.25, 0.3) is 11.0 Å². The number of nitrogens with zero attached hydrogens (tertiary/aromatic N) is 3. The Hall–Kier alpha value is -2.67. The summed E-state index contributed by atoms with van der Waals surface area (Å²) in [5.74, 6) is 0.575. The minimum Gasteiger partial charge on any atom is -0.464 e. The minimum atomic E-state index is -1.27. The standard InChI is InChI=1S/C17H17N3O4/c1-11-18-16(24-19-11)17(22)6-7-20(10-17)15(21)8-12-9-23-14-5-3-2-4-13(12)14/h2-5,9,22H,6-8,10H2,1H3. The van der Waals surface area contributed by atoms with Crippen LogP contribution in [0.2, 0.25) is 0 Å². The van der Waals surface area contributed by atoms with E-state index >= 15 is 0 Å². The second kappa shape index (κ2) is 5.45. The molecule has 0 aliphatic carbocycles. The maximum absolute atomic E-state index is 12.6. The number of aliphatic hydroxyl groups is 1. The average molecular weight is 327 g/mol. The summed E-state index contributed by atoms with van der Waals surface area (Å²) in [5.41, 5.74) is 0.342. The number of amides is 1. The fourth-order valence-corrected chi connectivity index (χ4v) is 3.11. The molecular formula is C17H17N3O4. The van der Waals surface area contributed by atoms with Crippen LogP contribution in [0.5, 0.6) is 0 Å². The Kier molecular flexibility index (Phi) is 3.38. The fourth-order valence-electron chi connectivity index (χ4n) is 3.11. The van der Waals surface area contributed by atoms with E-state index in [1.54, 1.807) is 18.1 Å². The molecule has 1 N–H and O–H groups in total. The fraction of sp³-hybridized carbons (Fsp3) is 0.353. The van der Waals surface area contributed by atoms with Gasteiger partial charge in [-0.15, -0.1) is 0 Å². The van der Waals surface area contributed by atoms with E-state index in [1.807, 2.05) is 24.3 Å². The molecule has 1 amide bonds. The lowest BCUT2D eigenvalue weighted by Gasteiger charge is -2.19. The van der Waals surface area contributed by atoms with E-state index in [-0.39, 0.29) is 24.8 Å². The molecule has 3 aromatic rings. The van der Waals surface area contributed by atoms with E-state index in [0.717, 1.165) is 16.5 Å². The van der Waals surface area contributed by atoms with Gasteiger partial charge in [0.1, 0.15) is 5.58 Å². The third-order valence-electron chi connectivity index (χ3n) is 4.43. The number of carbonyl (C=O) groups is 1. The topological polar surface area (TPSA) is 92.6 Å². The number of carbonyl (C=O) groups excluding carboxylic acids is 1. The summed E-state index contributed by atoms with van der Waals surface area (Å²) < 4.78 is 10.6. The first-order valence-electron chi connectivity index (χ1n) is 7.81. The molecule has 1 fully saturated rings. The van der Waals surface area contributed by atoms with E-state index in [0.29, 0.717) is 18.8 Å². The van der Waals surface area contributed by atoms with Gasteiger partial charge in [-0.25, -0.2) is 0 Å². The molecule has 1 aliphatic rings. The highest BCUT2D eigenvalue weighted by molar-refractivity contribution is 5.87. The van der Waals surface area contributed by atoms with Crippen LogP contribution in [-0.4, -0.2) is 39.1 Å². The highest BCUT2D eigenvalue weighted by atomic mass is 16.5. The summed E-state index contributed by atoms with van der Waals surface area (Å²) >= 11 is 0. The van der Waals surface area contributed by atoms with E-state index in [2.05, 4.69) is 10.1 Å². The lowest BCUT2D eigenvalue weighted by molar-refractivity contribution is -0.130. The largest absolute Gasteiger partial charge is 0.464 e. The van der Waals surface area contributed by atoms with E-state index < -0.39 is 5.60 Å². The SMILES string of the molecule is Cc1noc(C2(O)CCN(C(=O)Cc3coc4ccccc34)C2)n1. The van der Waals surface area contributed by atoms with Crippen molar-refractivity contribution < 1.29 is 18.8 Å². The molecule has 124 valence electrons. The molecule has 1 unspecified atom stereocenters. The Morgan fingerprint density at radius 2 is 2.25 bits per heavy atom. The predicted molar refractivity (Wildman–Crippen MR) is 84.0 cm³/mol. The van der Waals surface area contributed by atoms with Crippen LogP contribution in [-0.2, 0) is 16.8 Å². The first kappa shape index (κ1) is 14.9. The Bertz CT molecular complexity index is 900. The van der Waals surface area contributed by atoms with Gasteiger partial charge >= 0.3 is 0 Å². The molecule has 4 rings (SSSR count). The zero-order valence-electron chi connectivity index (χ0n) is 13.2. The van der Waals surface area contributed by atoms with Crippen LogP contribution >= 0.6 is 0 Å². The number of aromatic nitrogens is 2. The van der Waals surface area contributed by atoms with Gasteiger partial charge in [0.25, 0.3) is 5.89 Å². The summed E-state index contributed by atoms with van der Waals surface area (Å²) in [6.07, 6.45) is 2.23. The monoisotopic (exact) mass is 327 g/mol. The first-order valence-corrected chi connectivity index (χ1v) is 7.81. The molecule has 3 heterocycles. The number of para-hydroxylation sites is 1. The number of hydrogen-bond donors (Lipinski definition) is 1. The molecule has 0 radical (unpaired) electrons. The van der Waals surface area contributed by atoms with Gasteiger partial charge in [0.2, 0.25) is 5.91 Å². The molecule has 1 atom stereocenters. The van der Waals surface area contributed by atoms with Gasteiger partial charge in [0.05, 0.1) is 19.2 Å². The summed E-state index contributed by atoms with van der Waals surface area (Å²) in [7, 11) is 0. The maximum Gasteiger partial charge on any atom is 0.260 e. The Balaban J connectivity index is 1.50. The lowest BCUT2D eigenvalue weighted by Crippen LogP contribution is -2.35. The van der Waals surface area contributed by atoms with Gasteiger partial charge in [-0.3, -0.25) is 4.79 Å². The molecule has 1 saturated heterocycles. The Morgan fingerprint density at radius 1 is 1.42 bits per heavy atom. The van der Waals surface area contributed by atoms with Crippen LogP contribution in [0.1, 0.15) is 23.7 Å². The number of rotatable bonds is 3. The van der Waals surface area contributed by atoms with Gasteiger partial charge in [0, 0.05) is 23.9 Å². The van der Waals surface area contributed by atoms with E-state index in [9.17, 15) is 9.90 Å². The van der Waals surface area contributed by atoms with Crippen LogP contribution in [0.15, 0.2) is 39.5 Å². The molecule has 1 aliphatic heterocycles. The quantitative estimate of drug-likeness (QED) is 0.788. The third-order valence-corrected chi connectivity index (χ3v) is 4.43. The molecule has 0 bridgehead atoms. The van der Waals surface area contributed by atoms with Crippen LogP contribution < -0.4 is 0 Å². The van der Waals surface area contributed by atoms with E-state index in [4.69, 9.17) is 8.94 Å². The van der Waals surface area contributed by atoms with Gasteiger partial charge in [-0.05, 0) is 13.0 Å². The van der Waals surface area contributed by atoms with Crippen molar-refractivity contribution in [2.75, 3.05) is 13.1 Å². The normalized spacial score (nSPS) is 20.8. The van der Waals surface area contributed by atoms with E-state index in [1.165, 1.54) is 0 Å². The summed E-state index contributed by atoms with van der Waals surface area (Å²) in [6.45, 7) is 2.30. The second-order valence-electron chi connectivity index (χ2n) is 6.18. The summed E-state index contributed by atoms with van der Waals surface area (Å²) in [6, 6.07) is 7.61. The predicted octanol–water partition coefficient (Wildman–Crippen LogP) is 1.79. The van der Waals surface area contributed by atoms with Gasteiger partial charge < -0.3 is 18.9 Å². The number of aryl methyl sites for hydroxylation is 1. The molecular weight excluding hydrogens is 310 g/mol. The highest BCUT2D eigenvalue weighted by Crippen LogP contribution is 2.31. The van der Waals surface area contributed by atoms with Crippen molar-refractivity contribution in [3.05, 3.63) is 47.8 Å². The van der Waals surface area contributed by atoms with Gasteiger partial charge in [-0.1, -0.05) is 23.4 Å². The Labute approximate surface area is 137 Å². The summed E-state index contributed by atoms with van der Waals surface area (Å²) in [5, 5.41) is 15.3. The highest BCUT2D eigenvalue weighted by Gasteiger charge is 2.44. The number of hydrogen-bond acceptors (Lipinski definition) is 6. The molecule has 2 aromatic heterocycles. The van der Waals surface area contributed by atoms with Gasteiger partial charge in [0.15, 0.2) is 11.4 Å². The first-order chi connectivity index (χ1) is 11.5. The number of furan rings is 1. The number of fused-ring (bicyclic) bond motifs is 1. The number of likely N-dealkylation sites (tertiary alicyclic amines) is 1. The van der Waals surface area contributed by atoms with Crippen LogP contribution in [0.4, 0.5) is 0 Å². The molecule has 7 nitrogen and oxygen atoms in total. The molecule has 7 heteroatoms. The zero-order valence-corrected chi connectivity index (χ0v) is 13.2. The lowest BCUT2D eigenvalue weighted by atomic mass is 10.0. The third kappa shape index (κ3) is 2.46. The second-order valence-corrected chi connectivity index (χ2v) is 6.18. The molecule has 24 heavy (non-hydrogen) atoms. The van der Waals surface area contributed by atoms with Crippen LogP contribution in [0.3, 0.4) is 0 Å². The smallest absolute Gasteiger partial charge is 0.260 e.